The second kappa shape index (κ2) is 7.52. The molecule has 10 nitrogen and oxygen atoms in total. The molecule has 0 fully saturated rings. The Morgan fingerprint density at radius 3 is 2.81 bits per heavy atom. The lowest BCUT2D eigenvalue weighted by Gasteiger charge is -2.07. The minimum atomic E-state index is -0.780. The number of rotatable bonds is 6. The van der Waals surface area contributed by atoms with Crippen LogP contribution < -0.4 is 10.1 Å². The van der Waals surface area contributed by atoms with Crippen LogP contribution in [0.5, 0.6) is 5.75 Å². The van der Waals surface area contributed by atoms with Crippen molar-refractivity contribution in [3.8, 4) is 5.75 Å². The number of hydrogen-bond donors (Lipinski definition) is 1. The first-order valence-electron chi connectivity index (χ1n) is 7.71. The minimum absolute atomic E-state index is 0.0328. The first-order valence-corrected chi connectivity index (χ1v) is 7.71. The zero-order chi connectivity index (χ0) is 19.4. The van der Waals surface area contributed by atoms with E-state index < -0.39 is 23.4 Å². The van der Waals surface area contributed by atoms with Gasteiger partial charge in [-0.3, -0.25) is 14.9 Å². The molecule has 0 aliphatic heterocycles. The van der Waals surface area contributed by atoms with Gasteiger partial charge in [-0.1, -0.05) is 6.07 Å². The first kappa shape index (κ1) is 17.9. The number of amides is 1. The molecule has 0 aliphatic rings. The van der Waals surface area contributed by atoms with E-state index in [1.54, 1.807) is 28.8 Å². The molecule has 3 aromatic rings. The van der Waals surface area contributed by atoms with E-state index in [9.17, 15) is 19.7 Å². The number of hydrogen-bond acceptors (Lipinski definition) is 7. The van der Waals surface area contributed by atoms with Gasteiger partial charge in [-0.05, 0) is 24.3 Å². The zero-order valence-corrected chi connectivity index (χ0v) is 14.1. The van der Waals surface area contributed by atoms with E-state index in [2.05, 4.69) is 10.3 Å². The van der Waals surface area contributed by atoms with Crippen molar-refractivity contribution in [2.45, 2.75) is 0 Å². The first-order chi connectivity index (χ1) is 13.0. The third-order valence-electron chi connectivity index (χ3n) is 3.58. The molecule has 0 unspecified atom stereocenters. The number of aromatic nitrogens is 2. The summed E-state index contributed by atoms with van der Waals surface area (Å²) in [4.78, 5) is 38.6. The Bertz CT molecular complexity index is 996. The highest BCUT2D eigenvalue weighted by atomic mass is 16.6. The molecule has 0 bridgehead atoms. The maximum atomic E-state index is 12.0. The van der Waals surface area contributed by atoms with Crippen molar-refractivity contribution >= 4 is 28.9 Å². The molecule has 10 heteroatoms. The van der Waals surface area contributed by atoms with Crippen LogP contribution in [-0.2, 0) is 9.53 Å². The van der Waals surface area contributed by atoms with Gasteiger partial charge in [-0.25, -0.2) is 9.78 Å². The van der Waals surface area contributed by atoms with Crippen LogP contribution in [0.2, 0.25) is 0 Å². The Labute approximate surface area is 152 Å². The number of nitro groups is 1. The average molecular weight is 370 g/mol. The molecule has 2 heterocycles. The highest BCUT2D eigenvalue weighted by Gasteiger charge is 2.19. The standard InChI is InChI=1S/C17H14N4O6/c1-26-11-5-6-12(14(8-11)21(24)25)19-16(22)10-27-17(23)13-9-20-7-3-2-4-15(20)18-13/h2-9H,10H2,1H3,(H,19,22). The number of methoxy groups -OCH3 is 1. The SMILES string of the molecule is COc1ccc(NC(=O)COC(=O)c2cn3ccccc3n2)c([N+](=O)[O-])c1. The fraction of sp³-hybridized carbons (Fsp3) is 0.118. The van der Waals surface area contributed by atoms with Gasteiger partial charge in [0.15, 0.2) is 12.3 Å². The molecule has 0 atom stereocenters. The highest BCUT2D eigenvalue weighted by molar-refractivity contribution is 5.96. The van der Waals surface area contributed by atoms with Crippen molar-refractivity contribution in [2.75, 3.05) is 19.0 Å². The molecule has 2 aromatic heterocycles. The number of imidazole rings is 1. The van der Waals surface area contributed by atoms with Crippen LogP contribution in [0.3, 0.4) is 0 Å². The minimum Gasteiger partial charge on any atom is -0.496 e. The third kappa shape index (κ3) is 4.00. The van der Waals surface area contributed by atoms with Crippen LogP contribution in [0.1, 0.15) is 10.5 Å². The van der Waals surface area contributed by atoms with Crippen molar-refractivity contribution in [2.24, 2.45) is 0 Å². The quantitative estimate of drug-likeness (QED) is 0.400. The topological polar surface area (TPSA) is 125 Å². The van der Waals surface area contributed by atoms with Gasteiger partial charge < -0.3 is 19.2 Å². The summed E-state index contributed by atoms with van der Waals surface area (Å²) >= 11 is 0. The summed E-state index contributed by atoms with van der Waals surface area (Å²) in [6, 6.07) is 9.24. The largest absolute Gasteiger partial charge is 0.496 e. The predicted octanol–water partition coefficient (Wildman–Crippen LogP) is 2.05. The van der Waals surface area contributed by atoms with Crippen LogP contribution in [0.4, 0.5) is 11.4 Å². The molecule has 0 aliphatic carbocycles. The maximum absolute atomic E-state index is 12.0. The van der Waals surface area contributed by atoms with E-state index in [-0.39, 0.29) is 22.8 Å². The van der Waals surface area contributed by atoms with E-state index >= 15 is 0 Å². The van der Waals surface area contributed by atoms with Crippen LogP contribution in [0, 0.1) is 10.1 Å². The molecular formula is C17H14N4O6. The van der Waals surface area contributed by atoms with Crippen molar-refractivity contribution in [3.63, 3.8) is 0 Å². The molecule has 138 valence electrons. The fourth-order valence-electron chi connectivity index (χ4n) is 2.32. The number of nitrogens with zero attached hydrogens (tertiary/aromatic N) is 3. The molecule has 1 aromatic carbocycles. The van der Waals surface area contributed by atoms with E-state index in [4.69, 9.17) is 9.47 Å². The number of esters is 1. The predicted molar refractivity (Wildman–Crippen MR) is 93.8 cm³/mol. The van der Waals surface area contributed by atoms with Crippen molar-refractivity contribution in [3.05, 3.63) is 64.6 Å². The number of carbonyl (C=O) groups excluding carboxylic acids is 2. The molecule has 27 heavy (non-hydrogen) atoms. The number of pyridine rings is 1. The molecule has 1 N–H and O–H groups in total. The summed E-state index contributed by atoms with van der Waals surface area (Å²) in [6.07, 6.45) is 3.19. The highest BCUT2D eigenvalue weighted by Crippen LogP contribution is 2.28. The van der Waals surface area contributed by atoms with Crippen LogP contribution in [0.15, 0.2) is 48.8 Å². The fourth-order valence-corrected chi connectivity index (χ4v) is 2.32. The van der Waals surface area contributed by atoms with Gasteiger partial charge >= 0.3 is 5.97 Å². The number of benzene rings is 1. The van der Waals surface area contributed by atoms with Gasteiger partial charge in [0, 0.05) is 12.4 Å². The van der Waals surface area contributed by atoms with E-state index in [0.717, 1.165) is 0 Å². The normalized spacial score (nSPS) is 10.4. The van der Waals surface area contributed by atoms with E-state index in [0.29, 0.717) is 5.65 Å². The summed E-state index contributed by atoms with van der Waals surface area (Å²) in [5.41, 5.74) is 0.233. The number of nitrogens with one attached hydrogen (secondary N) is 1. The molecule has 0 spiro atoms. The number of carbonyl (C=O) groups is 2. The Balaban J connectivity index is 1.64. The van der Waals surface area contributed by atoms with Gasteiger partial charge in [0.25, 0.3) is 11.6 Å². The number of anilines is 1. The van der Waals surface area contributed by atoms with Gasteiger partial charge in [0.2, 0.25) is 0 Å². The second-order valence-electron chi connectivity index (χ2n) is 5.36. The lowest BCUT2D eigenvalue weighted by atomic mass is 10.2. The van der Waals surface area contributed by atoms with Gasteiger partial charge in [0.1, 0.15) is 17.1 Å². The molecule has 0 saturated carbocycles. The number of fused-ring (bicyclic) bond motifs is 1. The summed E-state index contributed by atoms with van der Waals surface area (Å²) < 4.78 is 11.5. The summed E-state index contributed by atoms with van der Waals surface area (Å²) in [6.45, 7) is -0.615. The van der Waals surface area contributed by atoms with Gasteiger partial charge in [-0.15, -0.1) is 0 Å². The Morgan fingerprint density at radius 1 is 1.30 bits per heavy atom. The number of nitro benzene ring substituents is 1. The van der Waals surface area contributed by atoms with Crippen LogP contribution in [0.25, 0.3) is 5.65 Å². The lowest BCUT2D eigenvalue weighted by Crippen LogP contribution is -2.21. The molecule has 0 radical (unpaired) electrons. The lowest BCUT2D eigenvalue weighted by molar-refractivity contribution is -0.384. The monoisotopic (exact) mass is 370 g/mol. The van der Waals surface area contributed by atoms with Crippen LogP contribution >= 0.6 is 0 Å². The number of ether oxygens (including phenoxy) is 2. The second-order valence-corrected chi connectivity index (χ2v) is 5.36. The smallest absolute Gasteiger partial charge is 0.359 e. The van der Waals surface area contributed by atoms with Crippen LogP contribution in [-0.4, -0.2) is 39.9 Å². The van der Waals surface area contributed by atoms with E-state index in [1.165, 1.54) is 31.5 Å². The van der Waals surface area contributed by atoms with Gasteiger partial charge in [0.05, 0.1) is 18.1 Å². The maximum Gasteiger partial charge on any atom is 0.359 e. The van der Waals surface area contributed by atoms with Crippen molar-refractivity contribution in [1.29, 1.82) is 0 Å². The molecule has 1 amide bonds. The molecule has 3 rings (SSSR count). The Kier molecular flexibility index (Phi) is 4.97. The Hall–Kier alpha value is -3.95. The third-order valence-corrected chi connectivity index (χ3v) is 3.58. The Morgan fingerprint density at radius 2 is 2.11 bits per heavy atom. The summed E-state index contributed by atoms with van der Waals surface area (Å²) in [5, 5.41) is 13.4. The zero-order valence-electron chi connectivity index (χ0n) is 14.1. The average Bonchev–Trinajstić information content (AvgIpc) is 3.10. The van der Waals surface area contributed by atoms with Crippen molar-refractivity contribution in [1.82, 2.24) is 9.38 Å². The van der Waals surface area contributed by atoms with E-state index in [1.807, 2.05) is 0 Å². The van der Waals surface area contributed by atoms with Gasteiger partial charge in [-0.2, -0.15) is 0 Å². The summed E-state index contributed by atoms with van der Waals surface area (Å²) in [7, 11) is 1.37. The summed E-state index contributed by atoms with van der Waals surface area (Å²) in [5.74, 6) is -1.23. The molecule has 0 saturated heterocycles. The van der Waals surface area contributed by atoms with Crippen molar-refractivity contribution < 1.29 is 24.0 Å². The molecular weight excluding hydrogens is 356 g/mol.